The van der Waals surface area contributed by atoms with Crippen LogP contribution in [0.4, 0.5) is 0 Å². The molecule has 5 aromatic carbocycles. The first-order valence-corrected chi connectivity index (χ1v) is 17.0. The highest BCUT2D eigenvalue weighted by Crippen LogP contribution is 2.50. The summed E-state index contributed by atoms with van der Waals surface area (Å²) < 4.78 is 31.9. The van der Waals surface area contributed by atoms with Gasteiger partial charge >= 0.3 is 0 Å². The topological polar surface area (TPSA) is 46.2 Å². The Morgan fingerprint density at radius 1 is 0.610 bits per heavy atom. The normalized spacial score (nSPS) is 13.8. The van der Waals surface area contributed by atoms with Crippen LogP contribution in [0.2, 0.25) is 0 Å². The van der Waals surface area contributed by atoms with Gasteiger partial charge in [-0.1, -0.05) is 114 Å². The second-order valence-electron chi connectivity index (χ2n) is 9.96. The molecule has 0 unspecified atom stereocenters. The third-order valence-electron chi connectivity index (χ3n) is 7.21. The molecule has 0 radical (unpaired) electrons. The van der Waals surface area contributed by atoms with Crippen molar-refractivity contribution >= 4 is 33.5 Å². The minimum Gasteiger partial charge on any atom is -0.249 e. The molecule has 3 atom stereocenters. The van der Waals surface area contributed by atoms with Gasteiger partial charge in [0.2, 0.25) is 0 Å². The zero-order valence-corrected chi connectivity index (χ0v) is 25.8. The van der Waals surface area contributed by atoms with Crippen molar-refractivity contribution in [3.8, 4) is 0 Å². The van der Waals surface area contributed by atoms with Crippen molar-refractivity contribution in [2.24, 2.45) is 0 Å². The predicted molar refractivity (Wildman–Crippen MR) is 173 cm³/mol. The second-order valence-corrected chi connectivity index (χ2v) is 13.6. The van der Waals surface area contributed by atoms with Gasteiger partial charge in [-0.25, -0.2) is 13.1 Å². The molecule has 0 saturated heterocycles. The van der Waals surface area contributed by atoms with E-state index in [1.807, 2.05) is 117 Å². The maximum atomic E-state index is 14.2. The Balaban J connectivity index is 1.74. The molecule has 0 aromatic heterocycles. The monoisotopic (exact) mass is 595 g/mol. The molecule has 0 saturated carbocycles. The minimum absolute atomic E-state index is 0.285. The number of thioether (sulfide) groups is 1. The summed E-state index contributed by atoms with van der Waals surface area (Å²) in [5.74, 6) is 0. The Morgan fingerprint density at radius 2 is 1.07 bits per heavy atom. The minimum atomic E-state index is -1.55. The van der Waals surface area contributed by atoms with Crippen molar-refractivity contribution in [1.29, 1.82) is 0 Å². The van der Waals surface area contributed by atoms with Crippen LogP contribution in [0.5, 0.6) is 0 Å². The van der Waals surface area contributed by atoms with E-state index in [4.69, 9.17) is 0 Å². The van der Waals surface area contributed by atoms with E-state index in [-0.39, 0.29) is 5.25 Å². The van der Waals surface area contributed by atoms with Crippen LogP contribution in [0, 0.1) is 13.8 Å². The quantitative estimate of drug-likeness (QED) is 0.177. The number of rotatable bonds is 10. The zero-order valence-electron chi connectivity index (χ0n) is 23.3. The van der Waals surface area contributed by atoms with Crippen molar-refractivity contribution in [3.05, 3.63) is 161 Å². The first kappa shape index (κ1) is 29.2. The van der Waals surface area contributed by atoms with Crippen LogP contribution < -0.4 is 4.72 Å². The molecule has 1 N–H and O–H groups in total. The summed E-state index contributed by atoms with van der Waals surface area (Å²) in [5, 5.41) is -0.285. The fraction of sp³-hybridized carbons (Fsp3) is 0.143. The fourth-order valence-electron chi connectivity index (χ4n) is 5.10. The Morgan fingerprint density at radius 3 is 1.59 bits per heavy atom. The Bertz CT molecular complexity index is 1600. The molecule has 3 nitrogen and oxygen atoms in total. The number of aryl methyl sites for hydroxylation is 2. The number of hydrogen-bond donors (Lipinski definition) is 1. The molecule has 0 aliphatic heterocycles. The van der Waals surface area contributed by atoms with Crippen molar-refractivity contribution in [1.82, 2.24) is 4.72 Å². The van der Waals surface area contributed by atoms with Gasteiger partial charge < -0.3 is 0 Å². The van der Waals surface area contributed by atoms with Crippen LogP contribution in [-0.4, -0.2) is 14.7 Å². The number of nitrogens with one attached hydrogen (secondary N) is 1. The summed E-state index contributed by atoms with van der Waals surface area (Å²) in [5.41, 5.74) is 4.18. The molecular formula is C35H33NO2S3. The Labute approximate surface area is 252 Å². The van der Waals surface area contributed by atoms with Gasteiger partial charge in [-0.05, 0) is 67.1 Å². The highest BCUT2D eigenvalue weighted by Gasteiger charge is 2.45. The van der Waals surface area contributed by atoms with Crippen LogP contribution in [0.25, 0.3) is 0 Å². The first-order valence-electron chi connectivity index (χ1n) is 13.4. The highest BCUT2D eigenvalue weighted by atomic mass is 32.2. The maximum Gasteiger partial charge on any atom is 0.126 e. The predicted octanol–water partition coefficient (Wildman–Crippen LogP) is 8.13. The molecule has 0 spiro atoms. The molecule has 41 heavy (non-hydrogen) atoms. The van der Waals surface area contributed by atoms with Crippen LogP contribution in [-0.2, 0) is 27.3 Å². The molecule has 0 aliphatic carbocycles. The summed E-state index contributed by atoms with van der Waals surface area (Å²) >= 11 is 1.66. The van der Waals surface area contributed by atoms with Gasteiger partial charge in [0.05, 0.1) is 26.5 Å². The largest absolute Gasteiger partial charge is 0.249 e. The summed E-state index contributed by atoms with van der Waals surface area (Å²) in [6.07, 6.45) is 2.06. The second kappa shape index (κ2) is 13.1. The van der Waals surface area contributed by atoms with Gasteiger partial charge in [-0.2, -0.15) is 11.8 Å². The van der Waals surface area contributed by atoms with Crippen LogP contribution in [0.1, 0.15) is 33.1 Å². The van der Waals surface area contributed by atoms with Crippen LogP contribution in [0.15, 0.2) is 148 Å². The molecule has 0 heterocycles. The van der Waals surface area contributed by atoms with Crippen molar-refractivity contribution in [2.75, 3.05) is 6.26 Å². The van der Waals surface area contributed by atoms with E-state index in [0.717, 1.165) is 37.6 Å². The smallest absolute Gasteiger partial charge is 0.126 e. The number of benzene rings is 5. The molecule has 0 fully saturated rings. The van der Waals surface area contributed by atoms with E-state index in [2.05, 4.69) is 41.3 Å². The van der Waals surface area contributed by atoms with Gasteiger partial charge in [0.25, 0.3) is 0 Å². The third kappa shape index (κ3) is 6.16. The SMILES string of the molecule is CS[C@@H](c1ccccc1[S@@](=O)c1ccc(C)cc1)C(N[S@](=O)c1ccc(C)cc1)(c1ccccc1)c1ccccc1. The Hall–Kier alpha value is -3.29. The lowest BCUT2D eigenvalue weighted by atomic mass is 9.78. The van der Waals surface area contributed by atoms with Gasteiger partial charge in [0.1, 0.15) is 11.0 Å². The van der Waals surface area contributed by atoms with E-state index >= 15 is 0 Å². The van der Waals surface area contributed by atoms with E-state index in [1.165, 1.54) is 0 Å². The lowest BCUT2D eigenvalue weighted by Gasteiger charge is -2.42. The molecule has 0 amide bonds. The molecule has 0 aliphatic rings. The van der Waals surface area contributed by atoms with E-state index < -0.39 is 27.3 Å². The van der Waals surface area contributed by atoms with E-state index in [1.54, 1.807) is 11.8 Å². The molecular weight excluding hydrogens is 563 g/mol. The molecule has 0 bridgehead atoms. The lowest BCUT2D eigenvalue weighted by molar-refractivity contribution is 0.470. The third-order valence-corrected chi connectivity index (χ3v) is 11.0. The first-order chi connectivity index (χ1) is 19.9. The van der Waals surface area contributed by atoms with Crippen molar-refractivity contribution in [3.63, 3.8) is 0 Å². The molecule has 5 rings (SSSR count). The summed E-state index contributed by atoms with van der Waals surface area (Å²) in [6, 6.07) is 43.9. The standard InChI is InChI=1S/C35H33NO2S3/c1-26-18-22-30(23-19-26)40(37)33-17-11-10-16-32(33)34(39-3)35(28-12-6-4-7-13-28,29-14-8-5-9-15-29)36-41(38)31-24-20-27(2)21-25-31/h4-25,34,36H,1-3H3/t34-,40-,41+/m0/s1. The highest BCUT2D eigenvalue weighted by molar-refractivity contribution is 7.99. The van der Waals surface area contributed by atoms with Crippen LogP contribution in [0.3, 0.4) is 0 Å². The summed E-state index contributed by atoms with van der Waals surface area (Å²) in [4.78, 5) is 2.20. The number of hydrogen-bond acceptors (Lipinski definition) is 3. The van der Waals surface area contributed by atoms with Gasteiger partial charge in [0, 0.05) is 9.79 Å². The average molecular weight is 596 g/mol. The van der Waals surface area contributed by atoms with Gasteiger partial charge in [0.15, 0.2) is 0 Å². The van der Waals surface area contributed by atoms with Gasteiger partial charge in [-0.15, -0.1) is 0 Å². The summed E-state index contributed by atoms with van der Waals surface area (Å²) in [7, 11) is -2.96. The molecule has 5 aromatic rings. The van der Waals surface area contributed by atoms with E-state index in [9.17, 15) is 8.42 Å². The summed E-state index contributed by atoms with van der Waals surface area (Å²) in [6.45, 7) is 4.05. The van der Waals surface area contributed by atoms with Crippen LogP contribution >= 0.6 is 11.8 Å². The molecule has 6 heteroatoms. The van der Waals surface area contributed by atoms with Crippen molar-refractivity contribution in [2.45, 2.75) is 39.3 Å². The maximum absolute atomic E-state index is 14.2. The van der Waals surface area contributed by atoms with Gasteiger partial charge in [-0.3, -0.25) is 0 Å². The van der Waals surface area contributed by atoms with Crippen molar-refractivity contribution < 1.29 is 8.42 Å². The lowest BCUT2D eigenvalue weighted by Crippen LogP contribution is -2.48. The Kier molecular flexibility index (Phi) is 9.35. The zero-order chi connectivity index (χ0) is 28.8. The average Bonchev–Trinajstić information content (AvgIpc) is 3.02. The van der Waals surface area contributed by atoms with E-state index in [0.29, 0.717) is 4.90 Å². The molecule has 208 valence electrons. The fourth-order valence-corrected chi connectivity index (χ4v) is 8.78.